The van der Waals surface area contributed by atoms with Crippen molar-refractivity contribution in [2.24, 2.45) is 0 Å². The Morgan fingerprint density at radius 1 is 1.40 bits per heavy atom. The highest BCUT2D eigenvalue weighted by molar-refractivity contribution is 9.10. The molecule has 1 aromatic heterocycles. The van der Waals surface area contributed by atoms with E-state index in [9.17, 15) is 0 Å². The molecule has 0 unspecified atom stereocenters. The van der Waals surface area contributed by atoms with Crippen LogP contribution in [0, 0.1) is 0 Å². The van der Waals surface area contributed by atoms with Crippen molar-refractivity contribution < 1.29 is 0 Å². The molecule has 0 amide bonds. The highest BCUT2D eigenvalue weighted by atomic mass is 79.9. The van der Waals surface area contributed by atoms with E-state index in [0.29, 0.717) is 0 Å². The molecule has 1 fully saturated rings. The molecule has 0 atom stereocenters. The first-order valence-corrected chi connectivity index (χ1v) is 7.37. The average Bonchev–Trinajstić information content (AvgIpc) is 2.66. The zero-order valence-corrected chi connectivity index (χ0v) is 11.6. The molecule has 0 bridgehead atoms. The van der Waals surface area contributed by atoms with Crippen LogP contribution < -0.4 is 0 Å². The Bertz CT molecular complexity index is 304. The van der Waals surface area contributed by atoms with E-state index in [0.717, 1.165) is 12.6 Å². The van der Waals surface area contributed by atoms with Gasteiger partial charge < -0.3 is 0 Å². The molecular formula is C12H18BrNS. The van der Waals surface area contributed by atoms with Crippen molar-refractivity contribution in [2.75, 3.05) is 7.05 Å². The van der Waals surface area contributed by atoms with Crippen LogP contribution >= 0.6 is 27.3 Å². The molecule has 3 heteroatoms. The van der Waals surface area contributed by atoms with E-state index in [1.54, 1.807) is 0 Å². The lowest BCUT2D eigenvalue weighted by Gasteiger charge is -2.30. The zero-order valence-electron chi connectivity index (χ0n) is 9.21. The lowest BCUT2D eigenvalue weighted by atomic mass is 9.94. The van der Waals surface area contributed by atoms with Crippen LogP contribution in [0.2, 0.25) is 0 Å². The number of nitrogens with zero attached hydrogens (tertiary/aromatic N) is 1. The lowest BCUT2D eigenvalue weighted by molar-refractivity contribution is 0.186. The molecule has 2 rings (SSSR count). The van der Waals surface area contributed by atoms with Gasteiger partial charge >= 0.3 is 0 Å². The summed E-state index contributed by atoms with van der Waals surface area (Å²) in [6, 6.07) is 2.96. The Morgan fingerprint density at radius 3 is 2.73 bits per heavy atom. The number of hydrogen-bond donors (Lipinski definition) is 0. The third-order valence-electron chi connectivity index (χ3n) is 3.28. The molecule has 84 valence electrons. The van der Waals surface area contributed by atoms with Crippen molar-refractivity contribution in [2.45, 2.75) is 44.7 Å². The lowest BCUT2D eigenvalue weighted by Crippen LogP contribution is -2.32. The molecule has 1 aromatic rings. The largest absolute Gasteiger partial charge is 0.298 e. The Labute approximate surface area is 105 Å². The number of rotatable bonds is 3. The Balaban J connectivity index is 1.91. The summed E-state index contributed by atoms with van der Waals surface area (Å²) >= 11 is 5.46. The third kappa shape index (κ3) is 3.05. The SMILES string of the molecule is CN(Cc1sccc1Br)C1CCCCC1. The maximum Gasteiger partial charge on any atom is 0.0339 e. The molecule has 0 aromatic carbocycles. The molecule has 0 saturated heterocycles. The predicted octanol–water partition coefficient (Wildman–Crippen LogP) is 4.28. The zero-order chi connectivity index (χ0) is 10.7. The van der Waals surface area contributed by atoms with Gasteiger partial charge in [-0.25, -0.2) is 0 Å². The fourth-order valence-corrected chi connectivity index (χ4v) is 3.86. The van der Waals surface area contributed by atoms with E-state index in [4.69, 9.17) is 0 Å². The summed E-state index contributed by atoms with van der Waals surface area (Å²) < 4.78 is 1.27. The first-order valence-electron chi connectivity index (χ1n) is 5.69. The molecule has 1 heterocycles. The number of hydrogen-bond acceptors (Lipinski definition) is 2. The van der Waals surface area contributed by atoms with Crippen LogP contribution in [-0.2, 0) is 6.54 Å². The van der Waals surface area contributed by atoms with Gasteiger partial charge in [0.15, 0.2) is 0 Å². The summed E-state index contributed by atoms with van der Waals surface area (Å²) in [6.07, 6.45) is 7.05. The van der Waals surface area contributed by atoms with Crippen LogP contribution in [0.25, 0.3) is 0 Å². The summed E-state index contributed by atoms with van der Waals surface area (Å²) in [7, 11) is 2.27. The second-order valence-corrected chi connectivity index (χ2v) is 6.25. The van der Waals surface area contributed by atoms with Crippen molar-refractivity contribution >= 4 is 27.3 Å². The van der Waals surface area contributed by atoms with E-state index in [2.05, 4.69) is 39.3 Å². The molecule has 0 N–H and O–H groups in total. The average molecular weight is 288 g/mol. The minimum Gasteiger partial charge on any atom is -0.298 e. The minimum absolute atomic E-state index is 0.813. The van der Waals surface area contributed by atoms with Crippen molar-refractivity contribution in [3.8, 4) is 0 Å². The molecular weight excluding hydrogens is 270 g/mol. The number of thiophene rings is 1. The van der Waals surface area contributed by atoms with Gasteiger partial charge in [0.1, 0.15) is 0 Å². The van der Waals surface area contributed by atoms with Crippen molar-refractivity contribution in [1.29, 1.82) is 0 Å². The molecule has 1 saturated carbocycles. The summed E-state index contributed by atoms with van der Waals surface area (Å²) in [5.41, 5.74) is 0. The normalized spacial score (nSPS) is 18.6. The highest BCUT2D eigenvalue weighted by Crippen LogP contribution is 2.27. The van der Waals surface area contributed by atoms with Gasteiger partial charge in [0, 0.05) is 21.9 Å². The van der Waals surface area contributed by atoms with Gasteiger partial charge in [-0.1, -0.05) is 19.3 Å². The van der Waals surface area contributed by atoms with E-state index < -0.39 is 0 Å². The molecule has 0 radical (unpaired) electrons. The monoisotopic (exact) mass is 287 g/mol. The van der Waals surface area contributed by atoms with Crippen LogP contribution in [0.3, 0.4) is 0 Å². The van der Waals surface area contributed by atoms with E-state index in [1.165, 1.54) is 41.5 Å². The van der Waals surface area contributed by atoms with Gasteiger partial charge in [0.05, 0.1) is 0 Å². The fourth-order valence-electron chi connectivity index (χ4n) is 2.32. The van der Waals surface area contributed by atoms with E-state index in [-0.39, 0.29) is 0 Å². The maximum absolute atomic E-state index is 3.60. The molecule has 1 aliphatic rings. The summed E-state index contributed by atoms with van der Waals surface area (Å²) in [5, 5.41) is 2.16. The van der Waals surface area contributed by atoms with Crippen LogP contribution in [0.15, 0.2) is 15.9 Å². The van der Waals surface area contributed by atoms with Crippen molar-refractivity contribution in [3.05, 3.63) is 20.8 Å². The van der Waals surface area contributed by atoms with E-state index >= 15 is 0 Å². The molecule has 15 heavy (non-hydrogen) atoms. The van der Waals surface area contributed by atoms with E-state index in [1.807, 2.05) is 11.3 Å². The first-order chi connectivity index (χ1) is 7.27. The number of halogens is 1. The standard InChI is InChI=1S/C12H18BrNS/c1-14(10-5-3-2-4-6-10)9-12-11(13)7-8-15-12/h7-8,10H,2-6,9H2,1H3. The summed E-state index contributed by atoms with van der Waals surface area (Å²) in [6.45, 7) is 1.10. The molecule has 1 aliphatic carbocycles. The Hall–Kier alpha value is 0.140. The van der Waals surface area contributed by atoms with Crippen LogP contribution in [0.5, 0.6) is 0 Å². The van der Waals surface area contributed by atoms with Crippen LogP contribution in [0.1, 0.15) is 37.0 Å². The Kier molecular flexibility index (Phi) is 4.23. The fraction of sp³-hybridized carbons (Fsp3) is 0.667. The van der Waals surface area contributed by atoms with Gasteiger partial charge in [0.25, 0.3) is 0 Å². The van der Waals surface area contributed by atoms with Crippen LogP contribution in [0.4, 0.5) is 0 Å². The van der Waals surface area contributed by atoms with Gasteiger partial charge in [-0.2, -0.15) is 0 Å². The van der Waals surface area contributed by atoms with Gasteiger partial charge in [-0.3, -0.25) is 4.90 Å². The summed E-state index contributed by atoms with van der Waals surface area (Å²) in [5.74, 6) is 0. The van der Waals surface area contributed by atoms with Crippen molar-refractivity contribution in [3.63, 3.8) is 0 Å². The topological polar surface area (TPSA) is 3.24 Å². The van der Waals surface area contributed by atoms with Crippen LogP contribution in [-0.4, -0.2) is 18.0 Å². The van der Waals surface area contributed by atoms with Gasteiger partial charge in [-0.15, -0.1) is 11.3 Å². The van der Waals surface area contributed by atoms with Crippen molar-refractivity contribution in [1.82, 2.24) is 4.90 Å². The highest BCUT2D eigenvalue weighted by Gasteiger charge is 2.18. The molecule has 0 aliphatic heterocycles. The third-order valence-corrected chi connectivity index (χ3v) is 5.19. The Morgan fingerprint density at radius 2 is 2.13 bits per heavy atom. The second kappa shape index (κ2) is 5.46. The minimum atomic E-state index is 0.813. The molecule has 1 nitrogen and oxygen atoms in total. The smallest absolute Gasteiger partial charge is 0.0339 e. The van der Waals surface area contributed by atoms with Gasteiger partial charge in [-0.05, 0) is 47.3 Å². The maximum atomic E-state index is 3.60. The first kappa shape index (κ1) is 11.6. The second-order valence-electron chi connectivity index (χ2n) is 4.40. The van der Waals surface area contributed by atoms with Gasteiger partial charge in [0.2, 0.25) is 0 Å². The molecule has 0 spiro atoms. The summed E-state index contributed by atoms with van der Waals surface area (Å²) in [4.78, 5) is 3.98. The quantitative estimate of drug-likeness (QED) is 0.802. The predicted molar refractivity (Wildman–Crippen MR) is 70.4 cm³/mol.